The lowest BCUT2D eigenvalue weighted by molar-refractivity contribution is 0.377. The third-order valence-corrected chi connectivity index (χ3v) is 2.93. The zero-order valence-corrected chi connectivity index (χ0v) is 11.7. The summed E-state index contributed by atoms with van der Waals surface area (Å²) >= 11 is 0. The fourth-order valence-electron chi connectivity index (χ4n) is 1.78. The summed E-state index contributed by atoms with van der Waals surface area (Å²) in [6.07, 6.45) is 8.46. The van der Waals surface area contributed by atoms with E-state index in [1.165, 1.54) is 12.2 Å². The van der Waals surface area contributed by atoms with Crippen LogP contribution < -0.4 is 0 Å². The summed E-state index contributed by atoms with van der Waals surface area (Å²) in [5, 5.41) is 0. The van der Waals surface area contributed by atoms with Crippen LogP contribution in [0.25, 0.3) is 12.2 Å². The highest BCUT2D eigenvalue weighted by Gasteiger charge is 2.23. The molecular formula is C18H11F5. The van der Waals surface area contributed by atoms with Crippen LogP contribution >= 0.6 is 0 Å². The predicted molar refractivity (Wildman–Crippen MR) is 79.9 cm³/mol. The van der Waals surface area contributed by atoms with E-state index in [1.54, 1.807) is 18.2 Å². The first-order valence-corrected chi connectivity index (χ1v) is 6.60. The molecule has 0 N–H and O–H groups in total. The van der Waals surface area contributed by atoms with Crippen LogP contribution in [0.3, 0.4) is 0 Å². The third kappa shape index (κ3) is 3.94. The molecule has 0 unspecified atom stereocenters. The second-order valence-corrected chi connectivity index (χ2v) is 4.50. The Morgan fingerprint density at radius 3 is 1.57 bits per heavy atom. The van der Waals surface area contributed by atoms with Crippen molar-refractivity contribution < 1.29 is 22.0 Å². The Kier molecular flexibility index (Phi) is 5.46. The van der Waals surface area contributed by atoms with Crippen LogP contribution in [0.5, 0.6) is 0 Å². The molecule has 0 heterocycles. The Hall–Kier alpha value is -2.69. The van der Waals surface area contributed by atoms with Gasteiger partial charge in [-0.3, -0.25) is 0 Å². The van der Waals surface area contributed by atoms with Crippen LogP contribution in [0.4, 0.5) is 22.0 Å². The maximum Gasteiger partial charge on any atom is 0.200 e. The molecule has 0 saturated heterocycles. The summed E-state index contributed by atoms with van der Waals surface area (Å²) in [7, 11) is 0. The molecule has 0 aliphatic heterocycles. The minimum Gasteiger partial charge on any atom is -0.203 e. The molecular weight excluding hydrogens is 311 g/mol. The summed E-state index contributed by atoms with van der Waals surface area (Å²) in [4.78, 5) is 0. The quantitative estimate of drug-likeness (QED) is 0.295. The number of rotatable bonds is 4. The molecule has 0 nitrogen and oxygen atoms in total. The van der Waals surface area contributed by atoms with Gasteiger partial charge in [-0.25, -0.2) is 22.0 Å². The molecule has 2 aromatic carbocycles. The summed E-state index contributed by atoms with van der Waals surface area (Å²) in [6, 6.07) is 9.38. The van der Waals surface area contributed by atoms with Gasteiger partial charge >= 0.3 is 0 Å². The van der Waals surface area contributed by atoms with Gasteiger partial charge in [0.1, 0.15) is 0 Å². The maximum absolute atomic E-state index is 13.4. The SMILES string of the molecule is Fc1c(F)c(F)c(C=CC=CC=Cc2ccccc2)c(F)c1F. The van der Waals surface area contributed by atoms with E-state index in [4.69, 9.17) is 0 Å². The standard InChI is InChI=1S/C18H11F5/c19-14-13(15(20)17(22)18(23)16(14)21)11-7-2-1-4-8-12-9-5-3-6-10-12/h1-11H. The van der Waals surface area contributed by atoms with Crippen molar-refractivity contribution >= 4 is 12.2 Å². The fraction of sp³-hybridized carbons (Fsp3) is 0. The maximum atomic E-state index is 13.4. The van der Waals surface area contributed by atoms with Gasteiger partial charge in [0.05, 0.1) is 5.56 Å². The topological polar surface area (TPSA) is 0 Å². The first kappa shape index (κ1) is 16.7. The second-order valence-electron chi connectivity index (χ2n) is 4.50. The highest BCUT2D eigenvalue weighted by atomic mass is 19.2. The molecule has 0 aliphatic carbocycles. The molecule has 23 heavy (non-hydrogen) atoms. The average molecular weight is 322 g/mol. The largest absolute Gasteiger partial charge is 0.203 e. The van der Waals surface area contributed by atoms with Gasteiger partial charge < -0.3 is 0 Å². The monoisotopic (exact) mass is 322 g/mol. The number of halogens is 5. The molecule has 0 radical (unpaired) electrons. The van der Waals surface area contributed by atoms with Crippen molar-refractivity contribution in [2.75, 3.05) is 0 Å². The van der Waals surface area contributed by atoms with Crippen molar-refractivity contribution in [3.8, 4) is 0 Å². The lowest BCUT2D eigenvalue weighted by atomic mass is 10.1. The van der Waals surface area contributed by atoms with Gasteiger partial charge in [-0.05, 0) is 11.6 Å². The number of allylic oxidation sites excluding steroid dienone is 4. The summed E-state index contributed by atoms with van der Waals surface area (Å²) in [5.74, 6) is -9.80. The van der Waals surface area contributed by atoms with E-state index in [9.17, 15) is 22.0 Å². The van der Waals surface area contributed by atoms with Crippen LogP contribution in [0.15, 0.2) is 54.6 Å². The van der Waals surface area contributed by atoms with Crippen LogP contribution in [-0.4, -0.2) is 0 Å². The molecule has 118 valence electrons. The minimum absolute atomic E-state index is 0.823. The van der Waals surface area contributed by atoms with Gasteiger partial charge in [-0.2, -0.15) is 0 Å². The van der Waals surface area contributed by atoms with Crippen LogP contribution in [-0.2, 0) is 0 Å². The Morgan fingerprint density at radius 2 is 1.00 bits per heavy atom. The van der Waals surface area contributed by atoms with E-state index in [2.05, 4.69) is 0 Å². The lowest BCUT2D eigenvalue weighted by Gasteiger charge is -2.03. The van der Waals surface area contributed by atoms with Crippen molar-refractivity contribution in [3.63, 3.8) is 0 Å². The van der Waals surface area contributed by atoms with Crippen LogP contribution in [0.2, 0.25) is 0 Å². The first-order chi connectivity index (χ1) is 11.0. The normalized spacial score (nSPS) is 12.0. The van der Waals surface area contributed by atoms with Gasteiger partial charge in [0.15, 0.2) is 23.3 Å². The second kappa shape index (κ2) is 7.54. The molecule has 0 fully saturated rings. The van der Waals surface area contributed by atoms with Gasteiger partial charge in [-0.1, -0.05) is 60.7 Å². The van der Waals surface area contributed by atoms with Crippen molar-refractivity contribution in [1.29, 1.82) is 0 Å². The van der Waals surface area contributed by atoms with E-state index in [-0.39, 0.29) is 0 Å². The van der Waals surface area contributed by atoms with Gasteiger partial charge in [0.25, 0.3) is 0 Å². The zero-order valence-electron chi connectivity index (χ0n) is 11.7. The minimum atomic E-state index is -2.17. The molecule has 0 saturated carbocycles. The molecule has 0 bridgehead atoms. The molecule has 5 heteroatoms. The van der Waals surface area contributed by atoms with E-state index in [0.717, 1.165) is 11.6 Å². The molecule has 2 aromatic rings. The Bertz CT molecular complexity index is 745. The van der Waals surface area contributed by atoms with Crippen molar-refractivity contribution in [1.82, 2.24) is 0 Å². The summed E-state index contributed by atoms with van der Waals surface area (Å²) in [5.41, 5.74) is -0.0148. The molecule has 2 rings (SSSR count). The third-order valence-electron chi connectivity index (χ3n) is 2.93. The van der Waals surface area contributed by atoms with Crippen molar-refractivity contribution in [3.05, 3.63) is 94.8 Å². The smallest absolute Gasteiger partial charge is 0.200 e. The lowest BCUT2D eigenvalue weighted by Crippen LogP contribution is -2.03. The van der Waals surface area contributed by atoms with Crippen molar-refractivity contribution in [2.45, 2.75) is 0 Å². The van der Waals surface area contributed by atoms with Crippen LogP contribution in [0, 0.1) is 29.1 Å². The van der Waals surface area contributed by atoms with E-state index < -0.39 is 34.6 Å². The molecule has 0 spiro atoms. The highest BCUT2D eigenvalue weighted by molar-refractivity contribution is 5.54. The molecule has 0 aromatic heterocycles. The highest BCUT2D eigenvalue weighted by Crippen LogP contribution is 2.23. The summed E-state index contributed by atoms with van der Waals surface area (Å²) in [6.45, 7) is 0. The van der Waals surface area contributed by atoms with Gasteiger partial charge in [-0.15, -0.1) is 0 Å². The molecule has 0 atom stereocenters. The Morgan fingerprint density at radius 1 is 0.522 bits per heavy atom. The zero-order chi connectivity index (χ0) is 16.8. The Labute approximate surface area is 129 Å². The van der Waals surface area contributed by atoms with Gasteiger partial charge in [0, 0.05) is 0 Å². The van der Waals surface area contributed by atoms with E-state index in [0.29, 0.717) is 0 Å². The number of benzene rings is 2. The van der Waals surface area contributed by atoms with Crippen molar-refractivity contribution in [2.24, 2.45) is 0 Å². The predicted octanol–water partition coefficient (Wildman–Crippen LogP) is 5.66. The van der Waals surface area contributed by atoms with E-state index in [1.807, 2.05) is 30.3 Å². The van der Waals surface area contributed by atoms with E-state index >= 15 is 0 Å². The summed E-state index contributed by atoms with van der Waals surface area (Å²) < 4.78 is 65.6. The van der Waals surface area contributed by atoms with Gasteiger partial charge in [0.2, 0.25) is 5.82 Å². The Balaban J connectivity index is 2.12. The number of hydrogen-bond acceptors (Lipinski definition) is 0. The first-order valence-electron chi connectivity index (χ1n) is 6.60. The fourth-order valence-corrected chi connectivity index (χ4v) is 1.78. The average Bonchev–Trinajstić information content (AvgIpc) is 2.58. The number of hydrogen-bond donors (Lipinski definition) is 0. The molecule has 0 aliphatic rings. The van der Waals surface area contributed by atoms with Crippen LogP contribution in [0.1, 0.15) is 11.1 Å². The molecule has 0 amide bonds.